The topological polar surface area (TPSA) is 57.5 Å². The first-order valence-corrected chi connectivity index (χ1v) is 6.43. The summed E-state index contributed by atoms with van der Waals surface area (Å²) < 4.78 is 0.953. The van der Waals surface area contributed by atoms with Crippen molar-refractivity contribution in [3.8, 4) is 0 Å². The van der Waals surface area contributed by atoms with Crippen LogP contribution in [0, 0.1) is 5.92 Å². The van der Waals surface area contributed by atoms with E-state index in [0.717, 1.165) is 10.0 Å². The van der Waals surface area contributed by atoms with Crippen molar-refractivity contribution in [1.29, 1.82) is 0 Å². The molecule has 0 aliphatic carbocycles. The van der Waals surface area contributed by atoms with E-state index in [1.165, 1.54) is 0 Å². The number of carboxylic acids is 1. The quantitative estimate of drug-likeness (QED) is 0.849. The molecule has 0 saturated heterocycles. The van der Waals surface area contributed by atoms with Crippen molar-refractivity contribution in [1.82, 2.24) is 0 Å². The highest BCUT2D eigenvalue weighted by molar-refractivity contribution is 9.10. The van der Waals surface area contributed by atoms with Gasteiger partial charge in [0.05, 0.1) is 12.0 Å². The number of carbonyl (C=O) groups is 1. The maximum Gasteiger partial charge on any atom is 0.306 e. The lowest BCUT2D eigenvalue weighted by molar-refractivity contribution is -0.142. The molecule has 1 aromatic rings. The fourth-order valence-electron chi connectivity index (χ4n) is 1.70. The van der Waals surface area contributed by atoms with Crippen molar-refractivity contribution < 1.29 is 15.0 Å². The SMILES string of the molecule is CC(O)CCC(Cc1cccc(Br)c1)C(=O)O. The van der Waals surface area contributed by atoms with Gasteiger partial charge in [-0.15, -0.1) is 0 Å². The first-order chi connectivity index (χ1) is 7.99. The standard InChI is InChI=1S/C13H17BrO3/c1-9(15)5-6-11(13(16)17)7-10-3-2-4-12(14)8-10/h2-4,8-9,11,15H,5-7H2,1H3,(H,16,17). The first kappa shape index (κ1) is 14.2. The molecule has 2 unspecified atom stereocenters. The molecular formula is C13H17BrO3. The molecule has 0 spiro atoms. The summed E-state index contributed by atoms with van der Waals surface area (Å²) in [5, 5.41) is 18.3. The summed E-state index contributed by atoms with van der Waals surface area (Å²) in [6.45, 7) is 1.68. The lowest BCUT2D eigenvalue weighted by Gasteiger charge is -2.13. The van der Waals surface area contributed by atoms with E-state index >= 15 is 0 Å². The van der Waals surface area contributed by atoms with E-state index in [4.69, 9.17) is 5.11 Å². The average Bonchev–Trinajstić information content (AvgIpc) is 2.23. The molecule has 0 aromatic heterocycles. The van der Waals surface area contributed by atoms with Crippen LogP contribution in [0.4, 0.5) is 0 Å². The smallest absolute Gasteiger partial charge is 0.306 e. The van der Waals surface area contributed by atoms with Crippen molar-refractivity contribution >= 4 is 21.9 Å². The Morgan fingerprint density at radius 1 is 1.41 bits per heavy atom. The van der Waals surface area contributed by atoms with Gasteiger partial charge in [0.2, 0.25) is 0 Å². The zero-order valence-corrected chi connectivity index (χ0v) is 11.4. The van der Waals surface area contributed by atoms with E-state index in [2.05, 4.69) is 15.9 Å². The molecule has 2 N–H and O–H groups in total. The molecule has 0 aliphatic rings. The maximum absolute atomic E-state index is 11.1. The van der Waals surface area contributed by atoms with Crippen molar-refractivity contribution in [3.05, 3.63) is 34.3 Å². The van der Waals surface area contributed by atoms with Crippen LogP contribution in [0.5, 0.6) is 0 Å². The van der Waals surface area contributed by atoms with Crippen molar-refractivity contribution in [2.24, 2.45) is 5.92 Å². The molecule has 94 valence electrons. The molecule has 0 amide bonds. The predicted octanol–water partition coefficient (Wildman–Crippen LogP) is 2.85. The van der Waals surface area contributed by atoms with Gasteiger partial charge in [-0.3, -0.25) is 4.79 Å². The van der Waals surface area contributed by atoms with Gasteiger partial charge in [0.15, 0.2) is 0 Å². The minimum absolute atomic E-state index is 0.432. The average molecular weight is 301 g/mol. The minimum Gasteiger partial charge on any atom is -0.481 e. The number of hydrogen-bond donors (Lipinski definition) is 2. The van der Waals surface area contributed by atoms with Crippen molar-refractivity contribution in [2.75, 3.05) is 0 Å². The molecule has 0 aliphatic heterocycles. The lowest BCUT2D eigenvalue weighted by Crippen LogP contribution is -2.18. The molecule has 1 aromatic carbocycles. The summed E-state index contributed by atoms with van der Waals surface area (Å²) >= 11 is 3.36. The summed E-state index contributed by atoms with van der Waals surface area (Å²) in [6, 6.07) is 7.66. The van der Waals surface area contributed by atoms with Crippen LogP contribution in [-0.4, -0.2) is 22.3 Å². The second kappa shape index (κ2) is 6.77. The highest BCUT2D eigenvalue weighted by Gasteiger charge is 2.18. The van der Waals surface area contributed by atoms with Gasteiger partial charge in [0.25, 0.3) is 0 Å². The normalized spacial score (nSPS) is 14.3. The van der Waals surface area contributed by atoms with Crippen LogP contribution in [0.25, 0.3) is 0 Å². The molecule has 4 heteroatoms. The number of aliphatic hydroxyl groups excluding tert-OH is 1. The summed E-state index contributed by atoms with van der Waals surface area (Å²) in [5.74, 6) is -1.23. The van der Waals surface area contributed by atoms with E-state index < -0.39 is 18.0 Å². The lowest BCUT2D eigenvalue weighted by atomic mass is 9.94. The molecule has 3 nitrogen and oxygen atoms in total. The Balaban J connectivity index is 2.63. The van der Waals surface area contributed by atoms with E-state index in [0.29, 0.717) is 19.3 Å². The number of halogens is 1. The van der Waals surface area contributed by atoms with Gasteiger partial charge in [-0.2, -0.15) is 0 Å². The van der Waals surface area contributed by atoms with Crippen LogP contribution in [0.3, 0.4) is 0 Å². The molecule has 0 heterocycles. The van der Waals surface area contributed by atoms with E-state index in [1.807, 2.05) is 24.3 Å². The Morgan fingerprint density at radius 2 is 2.12 bits per heavy atom. The molecule has 1 rings (SSSR count). The number of hydrogen-bond acceptors (Lipinski definition) is 2. The van der Waals surface area contributed by atoms with Crippen LogP contribution in [0.1, 0.15) is 25.3 Å². The molecule has 17 heavy (non-hydrogen) atoms. The van der Waals surface area contributed by atoms with Crippen molar-refractivity contribution in [3.63, 3.8) is 0 Å². The molecular weight excluding hydrogens is 284 g/mol. The Labute approximate surface area is 110 Å². The Hall–Kier alpha value is -0.870. The number of rotatable bonds is 6. The summed E-state index contributed by atoms with van der Waals surface area (Å²) in [6.07, 6.45) is 1.07. The van der Waals surface area contributed by atoms with Crippen LogP contribution in [-0.2, 0) is 11.2 Å². The van der Waals surface area contributed by atoms with Crippen LogP contribution < -0.4 is 0 Å². The van der Waals surface area contributed by atoms with Crippen LogP contribution in [0.15, 0.2) is 28.7 Å². The molecule has 0 bridgehead atoms. The monoisotopic (exact) mass is 300 g/mol. The number of carboxylic acid groups (broad SMARTS) is 1. The van der Waals surface area contributed by atoms with Gasteiger partial charge in [-0.05, 0) is 43.9 Å². The van der Waals surface area contributed by atoms with Gasteiger partial charge >= 0.3 is 5.97 Å². The highest BCUT2D eigenvalue weighted by Crippen LogP contribution is 2.19. The minimum atomic E-state index is -0.800. The van der Waals surface area contributed by atoms with Crippen LogP contribution >= 0.6 is 15.9 Å². The third kappa shape index (κ3) is 5.33. The molecule has 0 saturated carbocycles. The first-order valence-electron chi connectivity index (χ1n) is 5.64. The Bertz CT molecular complexity index is 377. The maximum atomic E-state index is 11.1. The molecule has 0 radical (unpaired) electrons. The van der Waals surface area contributed by atoms with Gasteiger partial charge < -0.3 is 10.2 Å². The zero-order chi connectivity index (χ0) is 12.8. The van der Waals surface area contributed by atoms with Gasteiger partial charge in [-0.25, -0.2) is 0 Å². The summed E-state index contributed by atoms with van der Waals surface area (Å²) in [5.41, 5.74) is 0.998. The summed E-state index contributed by atoms with van der Waals surface area (Å²) in [4.78, 5) is 11.1. The van der Waals surface area contributed by atoms with E-state index in [1.54, 1.807) is 6.92 Å². The largest absolute Gasteiger partial charge is 0.481 e. The van der Waals surface area contributed by atoms with Gasteiger partial charge in [0.1, 0.15) is 0 Å². The second-order valence-electron chi connectivity index (χ2n) is 4.30. The fourth-order valence-corrected chi connectivity index (χ4v) is 2.15. The van der Waals surface area contributed by atoms with E-state index in [-0.39, 0.29) is 0 Å². The number of benzene rings is 1. The molecule has 0 fully saturated rings. The second-order valence-corrected chi connectivity index (χ2v) is 5.21. The fraction of sp³-hybridized carbons (Fsp3) is 0.462. The van der Waals surface area contributed by atoms with Crippen molar-refractivity contribution in [2.45, 2.75) is 32.3 Å². The number of aliphatic carboxylic acids is 1. The summed E-state index contributed by atoms with van der Waals surface area (Å²) in [7, 11) is 0. The third-order valence-electron chi connectivity index (χ3n) is 2.65. The molecule has 2 atom stereocenters. The Morgan fingerprint density at radius 3 is 2.65 bits per heavy atom. The third-order valence-corrected chi connectivity index (χ3v) is 3.15. The van der Waals surface area contributed by atoms with Gasteiger partial charge in [0, 0.05) is 4.47 Å². The zero-order valence-electron chi connectivity index (χ0n) is 9.77. The number of aliphatic hydroxyl groups is 1. The Kier molecular flexibility index (Phi) is 5.65. The highest BCUT2D eigenvalue weighted by atomic mass is 79.9. The van der Waals surface area contributed by atoms with E-state index in [9.17, 15) is 9.90 Å². The van der Waals surface area contributed by atoms with Gasteiger partial charge in [-0.1, -0.05) is 28.1 Å². The van der Waals surface area contributed by atoms with Crippen LogP contribution in [0.2, 0.25) is 0 Å². The predicted molar refractivity (Wildman–Crippen MR) is 69.9 cm³/mol.